The zero-order valence-electron chi connectivity index (χ0n) is 19.2. The summed E-state index contributed by atoms with van der Waals surface area (Å²) in [4.78, 5) is 27.6. The van der Waals surface area contributed by atoms with Crippen molar-refractivity contribution in [3.63, 3.8) is 0 Å². The lowest BCUT2D eigenvalue weighted by molar-refractivity contribution is -0.150. The molecule has 33 heavy (non-hydrogen) atoms. The minimum atomic E-state index is -0.328. The van der Waals surface area contributed by atoms with Crippen molar-refractivity contribution in [3.8, 4) is 0 Å². The number of esters is 1. The molecule has 0 aliphatic carbocycles. The molecule has 2 aliphatic heterocycles. The highest BCUT2D eigenvalue weighted by Gasteiger charge is 2.36. The van der Waals surface area contributed by atoms with Crippen LogP contribution in [0.4, 0.5) is 4.39 Å². The lowest BCUT2D eigenvalue weighted by Gasteiger charge is -2.32. The lowest BCUT2D eigenvalue weighted by Crippen LogP contribution is -2.44. The molecule has 2 atom stereocenters. The van der Waals surface area contributed by atoms with E-state index in [0.717, 1.165) is 30.5 Å². The number of piperidine rings is 1. The summed E-state index contributed by atoms with van der Waals surface area (Å²) in [5.74, 6) is -0.853. The quantitative estimate of drug-likeness (QED) is 0.621. The number of rotatable bonds is 6. The van der Waals surface area contributed by atoms with E-state index in [0.29, 0.717) is 30.8 Å². The second-order valence-corrected chi connectivity index (χ2v) is 8.70. The first-order valence-electron chi connectivity index (χ1n) is 11.6. The smallest absolute Gasteiger partial charge is 0.310 e. The molecule has 7 heteroatoms. The number of carbonyl (C=O) groups is 2. The van der Waals surface area contributed by atoms with Crippen LogP contribution in [0.15, 0.2) is 53.6 Å². The second kappa shape index (κ2) is 10.3. The van der Waals surface area contributed by atoms with Crippen molar-refractivity contribution in [2.24, 2.45) is 11.0 Å². The number of halogens is 1. The van der Waals surface area contributed by atoms with Gasteiger partial charge in [-0.2, -0.15) is 5.10 Å². The average molecular weight is 452 g/mol. The number of hydrogen-bond acceptors (Lipinski definition) is 5. The van der Waals surface area contributed by atoms with Crippen LogP contribution in [0.5, 0.6) is 0 Å². The summed E-state index contributed by atoms with van der Waals surface area (Å²) in [5, 5.41) is 6.21. The van der Waals surface area contributed by atoms with Crippen molar-refractivity contribution in [1.29, 1.82) is 0 Å². The first-order valence-corrected chi connectivity index (χ1v) is 11.6. The number of ether oxygens (including phenoxy) is 1. The van der Waals surface area contributed by atoms with Gasteiger partial charge in [-0.25, -0.2) is 9.40 Å². The maximum Gasteiger partial charge on any atom is 0.310 e. The second-order valence-electron chi connectivity index (χ2n) is 8.70. The van der Waals surface area contributed by atoms with Crippen molar-refractivity contribution in [2.45, 2.75) is 39.2 Å². The molecule has 0 aromatic heterocycles. The van der Waals surface area contributed by atoms with E-state index in [1.165, 1.54) is 12.1 Å². The van der Waals surface area contributed by atoms with Gasteiger partial charge in [0.1, 0.15) is 5.82 Å². The summed E-state index contributed by atoms with van der Waals surface area (Å²) in [5.41, 5.74) is 3.49. The van der Waals surface area contributed by atoms with E-state index in [-0.39, 0.29) is 36.2 Å². The fourth-order valence-electron chi connectivity index (χ4n) is 4.70. The highest BCUT2D eigenvalue weighted by molar-refractivity contribution is 6.03. The van der Waals surface area contributed by atoms with Gasteiger partial charge in [0.2, 0.25) is 0 Å². The maximum absolute atomic E-state index is 13.8. The number of benzene rings is 2. The minimum Gasteiger partial charge on any atom is -0.466 e. The zero-order chi connectivity index (χ0) is 23.4. The molecule has 6 nitrogen and oxygen atoms in total. The number of nitrogens with zero attached hydrogens (tertiary/aromatic N) is 3. The van der Waals surface area contributed by atoms with Crippen LogP contribution in [0.3, 0.4) is 0 Å². The molecule has 0 radical (unpaired) electrons. The normalized spacial score (nSPS) is 21.1. The predicted molar refractivity (Wildman–Crippen MR) is 124 cm³/mol. The highest BCUT2D eigenvalue weighted by Crippen LogP contribution is 2.34. The zero-order valence-corrected chi connectivity index (χ0v) is 19.2. The van der Waals surface area contributed by atoms with Crippen LogP contribution in [-0.4, -0.2) is 53.7 Å². The van der Waals surface area contributed by atoms with Crippen molar-refractivity contribution >= 4 is 17.6 Å². The minimum absolute atomic E-state index is 0.126. The SMILES string of the molecule is CCOC(=O)[C@H]1CCCN(CC(=O)N2N=C(c3cccc(F)c3)C[C@@H]2c2ccccc2C)C1. The van der Waals surface area contributed by atoms with E-state index in [1.807, 2.05) is 42.2 Å². The van der Waals surface area contributed by atoms with Gasteiger partial charge >= 0.3 is 5.97 Å². The van der Waals surface area contributed by atoms with E-state index < -0.39 is 0 Å². The van der Waals surface area contributed by atoms with E-state index in [1.54, 1.807) is 18.0 Å². The van der Waals surface area contributed by atoms with Crippen LogP contribution >= 0.6 is 0 Å². The lowest BCUT2D eigenvalue weighted by atomic mass is 9.95. The fraction of sp³-hybridized carbons (Fsp3) is 0.423. The van der Waals surface area contributed by atoms with Crippen LogP contribution < -0.4 is 0 Å². The van der Waals surface area contributed by atoms with Gasteiger partial charge in [-0.15, -0.1) is 0 Å². The molecule has 1 saturated heterocycles. The maximum atomic E-state index is 13.8. The van der Waals surface area contributed by atoms with Gasteiger partial charge in [-0.1, -0.05) is 36.4 Å². The highest BCUT2D eigenvalue weighted by atomic mass is 19.1. The third-order valence-corrected chi connectivity index (χ3v) is 6.36. The average Bonchev–Trinajstić information content (AvgIpc) is 3.25. The number of carbonyl (C=O) groups excluding carboxylic acids is 2. The summed E-state index contributed by atoms with van der Waals surface area (Å²) in [6, 6.07) is 14.0. The molecule has 0 saturated carbocycles. The van der Waals surface area contributed by atoms with Gasteiger partial charge in [-0.3, -0.25) is 14.5 Å². The molecule has 1 fully saturated rings. The van der Waals surface area contributed by atoms with Gasteiger partial charge in [0.05, 0.1) is 30.8 Å². The Labute approximate surface area is 194 Å². The van der Waals surface area contributed by atoms with Gasteiger partial charge in [0.25, 0.3) is 5.91 Å². The monoisotopic (exact) mass is 451 g/mol. The van der Waals surface area contributed by atoms with Crippen molar-refractivity contribution in [2.75, 3.05) is 26.2 Å². The Morgan fingerprint density at radius 3 is 2.76 bits per heavy atom. The molecule has 2 heterocycles. The third kappa shape index (κ3) is 5.30. The predicted octanol–water partition coefficient (Wildman–Crippen LogP) is 4.09. The Bertz CT molecular complexity index is 1050. The molecule has 2 aromatic carbocycles. The topological polar surface area (TPSA) is 62.2 Å². The van der Waals surface area contributed by atoms with Gasteiger partial charge in [0.15, 0.2) is 0 Å². The molecule has 0 spiro atoms. The summed E-state index contributed by atoms with van der Waals surface area (Å²) < 4.78 is 19.0. The fourth-order valence-corrected chi connectivity index (χ4v) is 4.70. The largest absolute Gasteiger partial charge is 0.466 e. The summed E-state index contributed by atoms with van der Waals surface area (Å²) in [6.07, 6.45) is 2.14. The van der Waals surface area contributed by atoms with Crippen molar-refractivity contribution < 1.29 is 18.7 Å². The molecule has 1 amide bonds. The van der Waals surface area contributed by atoms with Crippen molar-refractivity contribution in [1.82, 2.24) is 9.91 Å². The molecule has 0 bridgehead atoms. The Balaban J connectivity index is 1.55. The first-order chi connectivity index (χ1) is 16.0. The van der Waals surface area contributed by atoms with Gasteiger partial charge in [0, 0.05) is 18.5 Å². The van der Waals surface area contributed by atoms with Crippen LogP contribution in [-0.2, 0) is 14.3 Å². The standard InChI is InChI=1S/C26H30FN3O3/c1-3-33-26(32)20-10-7-13-29(16-20)17-25(31)30-24(22-12-5-4-8-18(22)2)15-23(28-30)19-9-6-11-21(27)14-19/h4-6,8-9,11-12,14,20,24H,3,7,10,13,15-17H2,1-2H3/t20-,24+/m0/s1. The molecule has 2 aromatic rings. The molecular weight excluding hydrogens is 421 g/mol. The summed E-state index contributed by atoms with van der Waals surface area (Å²) in [6.45, 7) is 5.62. The van der Waals surface area contributed by atoms with E-state index in [2.05, 4.69) is 5.10 Å². The third-order valence-electron chi connectivity index (χ3n) is 6.36. The van der Waals surface area contributed by atoms with Gasteiger partial charge < -0.3 is 4.74 Å². The van der Waals surface area contributed by atoms with E-state index in [9.17, 15) is 14.0 Å². The molecule has 174 valence electrons. The molecule has 4 rings (SSSR count). The number of aryl methyl sites for hydroxylation is 1. The first kappa shape index (κ1) is 23.1. The number of likely N-dealkylation sites (tertiary alicyclic amines) is 1. The number of amides is 1. The van der Waals surface area contributed by atoms with Crippen LogP contribution in [0.2, 0.25) is 0 Å². The summed E-state index contributed by atoms with van der Waals surface area (Å²) in [7, 11) is 0. The van der Waals surface area contributed by atoms with Gasteiger partial charge in [-0.05, 0) is 56.5 Å². The van der Waals surface area contributed by atoms with Crippen LogP contribution in [0, 0.1) is 18.7 Å². The number of hydrazone groups is 1. The van der Waals surface area contributed by atoms with Crippen LogP contribution in [0.1, 0.15) is 48.9 Å². The Kier molecular flexibility index (Phi) is 7.18. The Hall–Kier alpha value is -3.06. The molecular formula is C26H30FN3O3. The Morgan fingerprint density at radius 2 is 2.00 bits per heavy atom. The number of hydrogen-bond donors (Lipinski definition) is 0. The molecule has 0 N–H and O–H groups in total. The van der Waals surface area contributed by atoms with Crippen LogP contribution in [0.25, 0.3) is 0 Å². The van der Waals surface area contributed by atoms with E-state index >= 15 is 0 Å². The molecule has 0 unspecified atom stereocenters. The summed E-state index contributed by atoms with van der Waals surface area (Å²) >= 11 is 0. The Morgan fingerprint density at radius 1 is 1.18 bits per heavy atom. The molecule has 2 aliphatic rings. The van der Waals surface area contributed by atoms with Crippen molar-refractivity contribution in [3.05, 3.63) is 71.0 Å². The van der Waals surface area contributed by atoms with E-state index in [4.69, 9.17) is 4.74 Å².